The number of morpholine rings is 1. The molecule has 3 rings (SSSR count). The second-order valence-electron chi connectivity index (χ2n) is 8.12. The summed E-state index contributed by atoms with van der Waals surface area (Å²) in [6.45, 7) is 9.90. The molecule has 158 valence electrons. The fourth-order valence-corrected chi connectivity index (χ4v) is 4.69. The van der Waals surface area contributed by atoms with Gasteiger partial charge >= 0.3 is 0 Å². The lowest BCUT2D eigenvalue weighted by Crippen LogP contribution is -2.55. The Labute approximate surface area is 176 Å². The molecule has 0 spiro atoms. The molecule has 2 fully saturated rings. The molecule has 29 heavy (non-hydrogen) atoms. The predicted molar refractivity (Wildman–Crippen MR) is 114 cm³/mol. The zero-order valence-corrected chi connectivity index (χ0v) is 18.2. The molecule has 2 aliphatic rings. The van der Waals surface area contributed by atoms with Crippen LogP contribution >= 0.6 is 11.8 Å². The molecule has 3 unspecified atom stereocenters. The van der Waals surface area contributed by atoms with Crippen LogP contribution in [0.1, 0.15) is 33.3 Å². The Balaban J connectivity index is 1.64. The molecule has 0 radical (unpaired) electrons. The Morgan fingerprint density at radius 3 is 2.31 bits per heavy atom. The van der Waals surface area contributed by atoms with E-state index in [1.54, 1.807) is 0 Å². The monoisotopic (exact) mass is 419 g/mol. The molecule has 2 heterocycles. The van der Waals surface area contributed by atoms with Gasteiger partial charge in [-0.1, -0.05) is 37.7 Å². The number of imide groups is 1. The summed E-state index contributed by atoms with van der Waals surface area (Å²) < 4.78 is 5.80. The highest BCUT2D eigenvalue weighted by Crippen LogP contribution is 2.23. The van der Waals surface area contributed by atoms with Crippen molar-refractivity contribution in [1.29, 1.82) is 0 Å². The van der Waals surface area contributed by atoms with E-state index in [2.05, 4.69) is 24.1 Å². The molecule has 0 bridgehead atoms. The molecule has 0 aliphatic carbocycles. The number of ether oxygens (including phenoxy) is 1. The molecule has 3 atom stereocenters. The average molecular weight is 420 g/mol. The Bertz CT molecular complexity index is 742. The minimum absolute atomic E-state index is 0.0321. The van der Waals surface area contributed by atoms with Crippen molar-refractivity contribution >= 4 is 34.5 Å². The number of carbonyl (C=O) groups is 3. The van der Waals surface area contributed by atoms with E-state index in [0.29, 0.717) is 5.69 Å². The molecular weight excluding hydrogens is 390 g/mol. The van der Waals surface area contributed by atoms with Gasteiger partial charge in [-0.3, -0.25) is 24.2 Å². The Morgan fingerprint density at radius 2 is 1.79 bits per heavy atom. The van der Waals surface area contributed by atoms with E-state index in [9.17, 15) is 14.4 Å². The van der Waals surface area contributed by atoms with Gasteiger partial charge in [-0.25, -0.2) is 0 Å². The van der Waals surface area contributed by atoms with Crippen LogP contribution in [0.5, 0.6) is 0 Å². The first kappa shape index (κ1) is 21.8. The van der Waals surface area contributed by atoms with E-state index >= 15 is 0 Å². The summed E-state index contributed by atoms with van der Waals surface area (Å²) >= 11 is 1.03. The molecule has 8 heteroatoms. The fourth-order valence-electron chi connectivity index (χ4n) is 3.96. The van der Waals surface area contributed by atoms with E-state index in [1.165, 1.54) is 4.90 Å². The number of rotatable bonds is 6. The number of nitrogens with one attached hydrogen (secondary N) is 1. The van der Waals surface area contributed by atoms with Crippen molar-refractivity contribution in [2.24, 2.45) is 5.92 Å². The van der Waals surface area contributed by atoms with Gasteiger partial charge in [-0.05, 0) is 37.5 Å². The highest BCUT2D eigenvalue weighted by molar-refractivity contribution is 8.14. The molecule has 3 amide bonds. The third-order valence-corrected chi connectivity index (χ3v) is 6.00. The van der Waals surface area contributed by atoms with E-state index in [1.807, 2.05) is 38.1 Å². The highest BCUT2D eigenvalue weighted by Gasteiger charge is 2.34. The van der Waals surface area contributed by atoms with Gasteiger partial charge in [0.2, 0.25) is 11.8 Å². The van der Waals surface area contributed by atoms with Crippen molar-refractivity contribution in [3.8, 4) is 0 Å². The quantitative estimate of drug-likeness (QED) is 0.764. The van der Waals surface area contributed by atoms with Crippen LogP contribution in [0.2, 0.25) is 0 Å². The summed E-state index contributed by atoms with van der Waals surface area (Å²) in [4.78, 5) is 40.0. The number of carbonyl (C=O) groups excluding carboxylic acids is 3. The van der Waals surface area contributed by atoms with Gasteiger partial charge in [-0.2, -0.15) is 0 Å². The van der Waals surface area contributed by atoms with Gasteiger partial charge in [0.05, 0.1) is 30.5 Å². The first-order chi connectivity index (χ1) is 13.7. The van der Waals surface area contributed by atoms with Crippen molar-refractivity contribution in [3.05, 3.63) is 29.8 Å². The van der Waals surface area contributed by atoms with Crippen molar-refractivity contribution in [2.45, 2.75) is 52.5 Å². The summed E-state index contributed by atoms with van der Waals surface area (Å²) in [6.07, 6.45) is 0.197. The Morgan fingerprint density at radius 1 is 1.17 bits per heavy atom. The van der Waals surface area contributed by atoms with Gasteiger partial charge in [-0.15, -0.1) is 0 Å². The molecule has 2 aliphatic heterocycles. The van der Waals surface area contributed by atoms with Crippen LogP contribution in [0.4, 0.5) is 10.5 Å². The standard InChI is InChI=1S/C21H29N3O4S/c1-13(2)19(23-9-14(3)28-15(4)10-23)20(26)22-17-7-5-16(6-8-17)11-24-18(25)12-29-21(24)27/h5-8,13-15,19H,9-12H2,1-4H3,(H,22,26). The first-order valence-electron chi connectivity index (χ1n) is 10.0. The Hall–Kier alpha value is -1.90. The van der Waals surface area contributed by atoms with Gasteiger partial charge in [0.25, 0.3) is 5.24 Å². The number of anilines is 1. The first-order valence-corrected chi connectivity index (χ1v) is 11.0. The van der Waals surface area contributed by atoms with Crippen LogP contribution in [0.25, 0.3) is 0 Å². The van der Waals surface area contributed by atoms with E-state index < -0.39 is 0 Å². The SMILES string of the molecule is CC1CN(C(C(=O)Nc2ccc(CN3C(=O)CSC3=O)cc2)C(C)C)CC(C)O1. The third-order valence-electron chi connectivity index (χ3n) is 5.14. The molecule has 0 saturated carbocycles. The zero-order valence-electron chi connectivity index (χ0n) is 17.4. The van der Waals surface area contributed by atoms with Crippen molar-refractivity contribution in [2.75, 3.05) is 24.2 Å². The van der Waals surface area contributed by atoms with Gasteiger partial charge in [0.15, 0.2) is 0 Å². The summed E-state index contributed by atoms with van der Waals surface area (Å²) in [6, 6.07) is 7.06. The lowest BCUT2D eigenvalue weighted by molar-refractivity contribution is -0.130. The van der Waals surface area contributed by atoms with E-state index in [4.69, 9.17) is 4.74 Å². The molecule has 7 nitrogen and oxygen atoms in total. The van der Waals surface area contributed by atoms with Gasteiger partial charge < -0.3 is 10.1 Å². The average Bonchev–Trinajstić information content (AvgIpc) is 2.94. The lowest BCUT2D eigenvalue weighted by atomic mass is 9.99. The van der Waals surface area contributed by atoms with Crippen LogP contribution in [0.3, 0.4) is 0 Å². The molecule has 0 aromatic heterocycles. The lowest BCUT2D eigenvalue weighted by Gasteiger charge is -2.41. The summed E-state index contributed by atoms with van der Waals surface area (Å²) in [5.41, 5.74) is 1.55. The topological polar surface area (TPSA) is 79.0 Å². The van der Waals surface area contributed by atoms with Crippen molar-refractivity contribution in [3.63, 3.8) is 0 Å². The van der Waals surface area contributed by atoms with Gasteiger partial charge in [0, 0.05) is 18.8 Å². The Kier molecular flexibility index (Phi) is 6.97. The number of hydrogen-bond donors (Lipinski definition) is 1. The fraction of sp³-hybridized carbons (Fsp3) is 0.571. The maximum absolute atomic E-state index is 13.0. The largest absolute Gasteiger partial charge is 0.373 e. The summed E-state index contributed by atoms with van der Waals surface area (Å²) in [5, 5.41) is 2.81. The number of benzene rings is 1. The summed E-state index contributed by atoms with van der Waals surface area (Å²) in [5.74, 6) is 0.181. The molecular formula is C21H29N3O4S. The number of thioether (sulfide) groups is 1. The smallest absolute Gasteiger partial charge is 0.289 e. The van der Waals surface area contributed by atoms with E-state index in [0.717, 1.165) is 30.4 Å². The van der Waals surface area contributed by atoms with Crippen LogP contribution in [-0.4, -0.2) is 63.9 Å². The van der Waals surface area contributed by atoms with Crippen LogP contribution < -0.4 is 5.32 Å². The molecule has 2 saturated heterocycles. The van der Waals surface area contributed by atoms with Gasteiger partial charge in [0.1, 0.15) is 0 Å². The minimum atomic E-state index is -0.236. The normalized spacial score (nSPS) is 24.2. The van der Waals surface area contributed by atoms with E-state index in [-0.39, 0.29) is 53.5 Å². The highest BCUT2D eigenvalue weighted by atomic mass is 32.2. The second-order valence-corrected chi connectivity index (χ2v) is 9.05. The van der Waals surface area contributed by atoms with Crippen LogP contribution in [0.15, 0.2) is 24.3 Å². The van der Waals surface area contributed by atoms with Crippen LogP contribution in [0, 0.1) is 5.92 Å². The summed E-state index contributed by atoms with van der Waals surface area (Å²) in [7, 11) is 0. The van der Waals surface area contributed by atoms with Crippen molar-refractivity contribution in [1.82, 2.24) is 9.80 Å². The molecule has 1 aromatic rings. The maximum atomic E-state index is 13.0. The van der Waals surface area contributed by atoms with Crippen molar-refractivity contribution < 1.29 is 19.1 Å². The number of hydrogen-bond acceptors (Lipinski definition) is 6. The maximum Gasteiger partial charge on any atom is 0.289 e. The number of nitrogens with zero attached hydrogens (tertiary/aromatic N) is 2. The molecule has 1 aromatic carbocycles. The predicted octanol–water partition coefficient (Wildman–Crippen LogP) is 2.95. The zero-order chi connectivity index (χ0) is 21.1. The second kappa shape index (κ2) is 9.28. The molecule has 1 N–H and O–H groups in total. The minimum Gasteiger partial charge on any atom is -0.373 e. The van der Waals surface area contributed by atoms with Crippen LogP contribution in [-0.2, 0) is 20.9 Å². The number of amides is 3. The third kappa shape index (κ3) is 5.38.